The Morgan fingerprint density at radius 1 is 0.967 bits per heavy atom. The summed E-state index contributed by atoms with van der Waals surface area (Å²) >= 11 is 0. The van der Waals surface area contributed by atoms with Crippen molar-refractivity contribution in [2.24, 2.45) is 0 Å². The van der Waals surface area contributed by atoms with E-state index in [1.54, 1.807) is 0 Å². The Morgan fingerprint density at radius 3 is 2.37 bits per heavy atom. The van der Waals surface area contributed by atoms with Crippen molar-refractivity contribution in [1.82, 2.24) is 10.2 Å². The normalized spacial score (nSPS) is 18.5. The lowest BCUT2D eigenvalue weighted by atomic mass is 9.98. The molecule has 1 fully saturated rings. The van der Waals surface area contributed by atoms with Gasteiger partial charge in [0.2, 0.25) is 5.91 Å². The van der Waals surface area contributed by atoms with Gasteiger partial charge in [0, 0.05) is 19.6 Å². The number of nitrogens with zero attached hydrogens (tertiary/aromatic N) is 1. The summed E-state index contributed by atoms with van der Waals surface area (Å²) in [7, 11) is 0. The van der Waals surface area contributed by atoms with Crippen molar-refractivity contribution in [3.63, 3.8) is 0 Å². The van der Waals surface area contributed by atoms with E-state index in [1.165, 1.54) is 11.1 Å². The number of carbonyl (C=O) groups is 1. The van der Waals surface area contributed by atoms with Crippen LogP contribution in [0, 0.1) is 6.92 Å². The van der Waals surface area contributed by atoms with Gasteiger partial charge in [-0.3, -0.25) is 9.69 Å². The molecule has 1 amide bonds. The van der Waals surface area contributed by atoms with Crippen LogP contribution in [0.15, 0.2) is 42.5 Å². The Labute approximate surface area is 178 Å². The quantitative estimate of drug-likeness (QED) is 0.793. The van der Waals surface area contributed by atoms with Crippen LogP contribution in [0.4, 0.5) is 0 Å². The maximum Gasteiger partial charge on any atom is 0.227 e. The molecule has 2 aromatic rings. The fourth-order valence-corrected chi connectivity index (χ4v) is 3.97. The highest BCUT2D eigenvalue weighted by Gasteiger charge is 2.25. The van der Waals surface area contributed by atoms with E-state index in [-0.39, 0.29) is 17.9 Å². The third-order valence-corrected chi connectivity index (χ3v) is 5.88. The fraction of sp³-hybridized carbons (Fsp3) is 0.458. The summed E-state index contributed by atoms with van der Waals surface area (Å²) in [6.45, 7) is 8.86. The topological polar surface area (TPSA) is 60.0 Å². The molecule has 0 bridgehead atoms. The highest BCUT2D eigenvalue weighted by Crippen LogP contribution is 2.33. The average molecular weight is 411 g/mol. The van der Waals surface area contributed by atoms with E-state index in [0.717, 1.165) is 37.6 Å². The van der Waals surface area contributed by atoms with Crippen LogP contribution < -0.4 is 14.8 Å². The summed E-state index contributed by atoms with van der Waals surface area (Å²) in [6.07, 6.45) is 0. The number of hydrogen-bond acceptors (Lipinski definition) is 5. The van der Waals surface area contributed by atoms with Crippen molar-refractivity contribution < 1.29 is 19.0 Å². The summed E-state index contributed by atoms with van der Waals surface area (Å²) < 4.78 is 16.8. The molecule has 4 rings (SSSR count). The standard InChI is InChI=1S/C24H30N2O4/c1-17-3-5-19(6-4-17)21(26-9-11-28-12-10-26)16-25-24(27)18(2)20-7-8-22-23(15-20)30-14-13-29-22/h3-8,15,18,21H,9-14,16H2,1-2H3,(H,25,27). The number of hydrogen-bond donors (Lipinski definition) is 1. The number of nitrogens with one attached hydrogen (secondary N) is 1. The molecule has 6 heteroatoms. The molecule has 2 atom stereocenters. The zero-order chi connectivity index (χ0) is 20.9. The molecule has 0 saturated carbocycles. The maximum absolute atomic E-state index is 13.0. The number of amides is 1. The molecule has 2 heterocycles. The molecule has 6 nitrogen and oxygen atoms in total. The molecule has 2 aliphatic rings. The Hall–Kier alpha value is -2.57. The Balaban J connectivity index is 1.44. The van der Waals surface area contributed by atoms with E-state index >= 15 is 0 Å². The van der Waals surface area contributed by atoms with Crippen molar-refractivity contribution >= 4 is 5.91 Å². The van der Waals surface area contributed by atoms with Gasteiger partial charge >= 0.3 is 0 Å². The minimum Gasteiger partial charge on any atom is -0.486 e. The summed E-state index contributed by atoms with van der Waals surface area (Å²) in [6, 6.07) is 14.4. The molecular weight excluding hydrogens is 380 g/mol. The Kier molecular flexibility index (Phi) is 6.55. The molecule has 1 saturated heterocycles. The van der Waals surface area contributed by atoms with Crippen molar-refractivity contribution in [2.75, 3.05) is 46.1 Å². The second-order valence-corrected chi connectivity index (χ2v) is 7.94. The summed E-state index contributed by atoms with van der Waals surface area (Å²) in [4.78, 5) is 15.3. The van der Waals surface area contributed by atoms with Crippen LogP contribution in [0.25, 0.3) is 0 Å². The molecule has 2 aliphatic heterocycles. The van der Waals surface area contributed by atoms with Crippen LogP contribution in [-0.4, -0.2) is 56.9 Å². The van der Waals surface area contributed by atoms with Crippen LogP contribution in [0.2, 0.25) is 0 Å². The largest absolute Gasteiger partial charge is 0.486 e. The smallest absolute Gasteiger partial charge is 0.227 e. The van der Waals surface area contributed by atoms with Gasteiger partial charge in [-0.1, -0.05) is 35.9 Å². The predicted octanol–water partition coefficient (Wildman–Crippen LogP) is 3.06. The Bertz CT molecular complexity index is 862. The number of carbonyl (C=O) groups excluding carboxylic acids is 1. The number of ether oxygens (including phenoxy) is 3. The lowest BCUT2D eigenvalue weighted by Gasteiger charge is -2.35. The second kappa shape index (κ2) is 9.49. The van der Waals surface area contributed by atoms with E-state index in [9.17, 15) is 4.79 Å². The monoisotopic (exact) mass is 410 g/mol. The van der Waals surface area contributed by atoms with Crippen molar-refractivity contribution in [3.05, 3.63) is 59.2 Å². The van der Waals surface area contributed by atoms with E-state index in [2.05, 4.69) is 41.4 Å². The SMILES string of the molecule is Cc1ccc(C(CNC(=O)C(C)c2ccc3c(c2)OCCO3)N2CCOCC2)cc1. The van der Waals surface area contributed by atoms with Crippen molar-refractivity contribution in [2.45, 2.75) is 25.8 Å². The predicted molar refractivity (Wildman–Crippen MR) is 115 cm³/mol. The highest BCUT2D eigenvalue weighted by molar-refractivity contribution is 5.83. The first-order chi connectivity index (χ1) is 14.6. The van der Waals surface area contributed by atoms with Gasteiger partial charge in [0.15, 0.2) is 11.5 Å². The van der Waals surface area contributed by atoms with Gasteiger partial charge in [0.05, 0.1) is 25.2 Å². The van der Waals surface area contributed by atoms with Crippen LogP contribution in [-0.2, 0) is 9.53 Å². The molecule has 1 N–H and O–H groups in total. The van der Waals surface area contributed by atoms with Gasteiger partial charge in [-0.2, -0.15) is 0 Å². The lowest BCUT2D eigenvalue weighted by molar-refractivity contribution is -0.122. The minimum atomic E-state index is -0.274. The van der Waals surface area contributed by atoms with Gasteiger partial charge in [0.25, 0.3) is 0 Å². The highest BCUT2D eigenvalue weighted by atomic mass is 16.6. The van der Waals surface area contributed by atoms with E-state index in [1.807, 2.05) is 25.1 Å². The summed E-state index contributed by atoms with van der Waals surface area (Å²) in [5, 5.41) is 3.18. The molecule has 30 heavy (non-hydrogen) atoms. The molecule has 160 valence electrons. The molecule has 2 aromatic carbocycles. The van der Waals surface area contributed by atoms with Crippen LogP contribution >= 0.6 is 0 Å². The van der Waals surface area contributed by atoms with Gasteiger partial charge in [-0.15, -0.1) is 0 Å². The van der Waals surface area contributed by atoms with Crippen molar-refractivity contribution in [1.29, 1.82) is 0 Å². The number of morpholine rings is 1. The number of fused-ring (bicyclic) bond motifs is 1. The molecule has 2 unspecified atom stereocenters. The molecular formula is C24H30N2O4. The van der Waals surface area contributed by atoms with E-state index < -0.39 is 0 Å². The number of rotatable bonds is 6. The molecule has 0 aliphatic carbocycles. The molecule has 0 spiro atoms. The third-order valence-electron chi connectivity index (χ3n) is 5.88. The van der Waals surface area contributed by atoms with E-state index in [4.69, 9.17) is 14.2 Å². The van der Waals surface area contributed by atoms with E-state index in [0.29, 0.717) is 25.5 Å². The van der Waals surface area contributed by atoms with Gasteiger partial charge in [0.1, 0.15) is 13.2 Å². The van der Waals surface area contributed by atoms with Crippen molar-refractivity contribution in [3.8, 4) is 11.5 Å². The second-order valence-electron chi connectivity index (χ2n) is 7.94. The molecule has 0 radical (unpaired) electrons. The summed E-state index contributed by atoms with van der Waals surface area (Å²) in [5.74, 6) is 1.19. The first-order valence-corrected chi connectivity index (χ1v) is 10.7. The fourth-order valence-electron chi connectivity index (χ4n) is 3.97. The van der Waals surface area contributed by atoms with Gasteiger partial charge in [-0.05, 0) is 37.1 Å². The van der Waals surface area contributed by atoms with Crippen LogP contribution in [0.1, 0.15) is 35.6 Å². The third kappa shape index (κ3) is 4.77. The number of aryl methyl sites for hydroxylation is 1. The Morgan fingerprint density at radius 2 is 1.63 bits per heavy atom. The first kappa shape index (κ1) is 20.7. The minimum absolute atomic E-state index is 0.0112. The number of benzene rings is 2. The average Bonchev–Trinajstić information content (AvgIpc) is 2.80. The zero-order valence-corrected chi connectivity index (χ0v) is 17.7. The lowest BCUT2D eigenvalue weighted by Crippen LogP contribution is -2.44. The maximum atomic E-state index is 13.0. The van der Waals surface area contributed by atoms with Crippen LogP contribution in [0.3, 0.4) is 0 Å². The summed E-state index contributed by atoms with van der Waals surface area (Å²) in [5.41, 5.74) is 3.38. The van der Waals surface area contributed by atoms with Gasteiger partial charge in [-0.25, -0.2) is 0 Å². The first-order valence-electron chi connectivity index (χ1n) is 10.7. The van der Waals surface area contributed by atoms with Crippen LogP contribution in [0.5, 0.6) is 11.5 Å². The zero-order valence-electron chi connectivity index (χ0n) is 17.7. The molecule has 0 aromatic heterocycles. The van der Waals surface area contributed by atoms with Gasteiger partial charge < -0.3 is 19.5 Å².